The van der Waals surface area contributed by atoms with Crippen molar-refractivity contribution < 1.29 is 9.18 Å². The van der Waals surface area contributed by atoms with Crippen LogP contribution < -0.4 is 5.73 Å². The van der Waals surface area contributed by atoms with E-state index in [1.807, 2.05) is 6.07 Å². The van der Waals surface area contributed by atoms with Gasteiger partial charge in [-0.05, 0) is 56.2 Å². The lowest BCUT2D eigenvalue weighted by Gasteiger charge is -2.31. The van der Waals surface area contributed by atoms with E-state index < -0.39 is 0 Å². The molecule has 2 atom stereocenters. The summed E-state index contributed by atoms with van der Waals surface area (Å²) in [5.74, 6) is 0.169. The zero-order chi connectivity index (χ0) is 16.2. The van der Waals surface area contributed by atoms with Crippen LogP contribution in [0.5, 0.6) is 0 Å². The van der Waals surface area contributed by atoms with Gasteiger partial charge in [-0.15, -0.1) is 12.4 Å². The van der Waals surface area contributed by atoms with E-state index in [0.29, 0.717) is 12.6 Å². The van der Waals surface area contributed by atoms with Crippen LogP contribution in [0.1, 0.15) is 50.5 Å². The summed E-state index contributed by atoms with van der Waals surface area (Å²) in [7, 11) is 0. The van der Waals surface area contributed by atoms with Gasteiger partial charge in [0.2, 0.25) is 5.91 Å². The average Bonchev–Trinajstić information content (AvgIpc) is 3.19. The second-order valence-corrected chi connectivity index (χ2v) is 7.12. The van der Waals surface area contributed by atoms with Crippen molar-refractivity contribution in [2.24, 2.45) is 11.7 Å². The summed E-state index contributed by atoms with van der Waals surface area (Å²) in [5, 5.41) is 0. The number of benzene rings is 1. The maximum Gasteiger partial charge on any atom is 0.226 e. The molecule has 5 heteroatoms. The monoisotopic (exact) mass is 354 g/mol. The van der Waals surface area contributed by atoms with E-state index in [1.165, 1.54) is 18.9 Å². The first-order valence-corrected chi connectivity index (χ1v) is 8.94. The van der Waals surface area contributed by atoms with Gasteiger partial charge in [-0.3, -0.25) is 4.79 Å². The zero-order valence-electron chi connectivity index (χ0n) is 14.1. The number of rotatable bonds is 5. The minimum Gasteiger partial charge on any atom is -0.339 e. The number of hydrogen-bond acceptors (Lipinski definition) is 2. The molecule has 24 heavy (non-hydrogen) atoms. The molecular formula is C19H28ClFN2O. The van der Waals surface area contributed by atoms with Crippen LogP contribution in [0.2, 0.25) is 0 Å². The lowest BCUT2D eigenvalue weighted by atomic mass is 10.0. The van der Waals surface area contributed by atoms with Crippen LogP contribution >= 0.6 is 12.4 Å². The van der Waals surface area contributed by atoms with Crippen LogP contribution in [0, 0.1) is 11.7 Å². The molecule has 0 bridgehead atoms. The number of nitrogens with zero attached hydrogens (tertiary/aromatic N) is 1. The predicted octanol–water partition coefficient (Wildman–Crippen LogP) is 3.69. The van der Waals surface area contributed by atoms with Gasteiger partial charge in [-0.25, -0.2) is 4.39 Å². The summed E-state index contributed by atoms with van der Waals surface area (Å²) >= 11 is 0. The molecular weight excluding hydrogens is 327 g/mol. The Morgan fingerprint density at radius 2 is 1.96 bits per heavy atom. The van der Waals surface area contributed by atoms with Crippen molar-refractivity contribution in [1.82, 2.24) is 4.90 Å². The van der Waals surface area contributed by atoms with Crippen LogP contribution in [0.3, 0.4) is 0 Å². The molecule has 2 aliphatic rings. The standard InChI is InChI=1S/C19H27FN2O.ClH/c20-16-5-3-4-14(12-16)10-11-22(18-6-1-2-7-18)19(23)15-8-9-17(21)13-15;/h3-5,12,15,17-18H,1-2,6-11,13,21H2;1H. The van der Waals surface area contributed by atoms with E-state index in [9.17, 15) is 9.18 Å². The Morgan fingerprint density at radius 1 is 1.21 bits per heavy atom. The van der Waals surface area contributed by atoms with Crippen LogP contribution in [0.15, 0.2) is 24.3 Å². The molecule has 0 saturated heterocycles. The van der Waals surface area contributed by atoms with Crippen molar-refractivity contribution in [2.45, 2.75) is 63.5 Å². The molecule has 0 heterocycles. The number of halogens is 2. The van der Waals surface area contributed by atoms with Gasteiger partial charge in [0.15, 0.2) is 0 Å². The van der Waals surface area contributed by atoms with Gasteiger partial charge in [-0.2, -0.15) is 0 Å². The quantitative estimate of drug-likeness (QED) is 0.876. The van der Waals surface area contributed by atoms with Gasteiger partial charge < -0.3 is 10.6 Å². The number of carbonyl (C=O) groups is 1. The average molecular weight is 355 g/mol. The Morgan fingerprint density at radius 3 is 2.58 bits per heavy atom. The molecule has 2 saturated carbocycles. The molecule has 2 aliphatic carbocycles. The lowest BCUT2D eigenvalue weighted by molar-refractivity contribution is -0.137. The molecule has 0 aromatic heterocycles. The van der Waals surface area contributed by atoms with E-state index in [0.717, 1.165) is 44.1 Å². The van der Waals surface area contributed by atoms with Crippen LogP contribution in [-0.2, 0) is 11.2 Å². The fourth-order valence-corrected chi connectivity index (χ4v) is 4.11. The van der Waals surface area contributed by atoms with Gasteiger partial charge in [-0.1, -0.05) is 25.0 Å². The van der Waals surface area contributed by atoms with E-state index in [-0.39, 0.29) is 36.1 Å². The predicted molar refractivity (Wildman–Crippen MR) is 96.6 cm³/mol. The molecule has 0 aliphatic heterocycles. The fraction of sp³-hybridized carbons (Fsp3) is 0.632. The molecule has 2 fully saturated rings. The molecule has 1 amide bonds. The smallest absolute Gasteiger partial charge is 0.226 e. The largest absolute Gasteiger partial charge is 0.339 e. The molecule has 0 spiro atoms. The highest BCUT2D eigenvalue weighted by Gasteiger charge is 2.34. The summed E-state index contributed by atoms with van der Waals surface area (Å²) in [6.07, 6.45) is 8.04. The van der Waals surface area contributed by atoms with Crippen LogP contribution in [-0.4, -0.2) is 29.4 Å². The third-order valence-corrected chi connectivity index (χ3v) is 5.40. The second-order valence-electron chi connectivity index (χ2n) is 7.12. The van der Waals surface area contributed by atoms with E-state index >= 15 is 0 Å². The third-order valence-electron chi connectivity index (χ3n) is 5.40. The normalized spacial score (nSPS) is 23.9. The highest BCUT2D eigenvalue weighted by molar-refractivity contribution is 5.85. The summed E-state index contributed by atoms with van der Waals surface area (Å²) < 4.78 is 13.3. The van der Waals surface area contributed by atoms with Gasteiger partial charge in [0.1, 0.15) is 5.82 Å². The van der Waals surface area contributed by atoms with Crippen molar-refractivity contribution in [2.75, 3.05) is 6.54 Å². The topological polar surface area (TPSA) is 46.3 Å². The van der Waals surface area contributed by atoms with Crippen molar-refractivity contribution in [1.29, 1.82) is 0 Å². The SMILES string of the molecule is Cl.NC1CCC(C(=O)N(CCc2cccc(F)c2)C2CCCC2)C1. The Labute approximate surface area is 150 Å². The molecule has 1 aromatic rings. The fourth-order valence-electron chi connectivity index (χ4n) is 4.11. The molecule has 0 radical (unpaired) electrons. The second kappa shape index (κ2) is 8.82. The molecule has 3 rings (SSSR count). The van der Waals surface area contributed by atoms with Gasteiger partial charge in [0.05, 0.1) is 0 Å². The zero-order valence-corrected chi connectivity index (χ0v) is 14.9. The Kier molecular flexibility index (Phi) is 7.05. The molecule has 134 valence electrons. The summed E-state index contributed by atoms with van der Waals surface area (Å²) in [6, 6.07) is 7.26. The van der Waals surface area contributed by atoms with Crippen LogP contribution in [0.4, 0.5) is 4.39 Å². The van der Waals surface area contributed by atoms with E-state index in [1.54, 1.807) is 12.1 Å². The maximum absolute atomic E-state index is 13.3. The third kappa shape index (κ3) is 4.70. The van der Waals surface area contributed by atoms with Crippen molar-refractivity contribution >= 4 is 18.3 Å². The van der Waals surface area contributed by atoms with E-state index in [2.05, 4.69) is 4.90 Å². The first-order chi connectivity index (χ1) is 11.1. The van der Waals surface area contributed by atoms with Crippen molar-refractivity contribution in [3.8, 4) is 0 Å². The van der Waals surface area contributed by atoms with Crippen molar-refractivity contribution in [3.05, 3.63) is 35.6 Å². The highest BCUT2D eigenvalue weighted by atomic mass is 35.5. The molecule has 2 unspecified atom stereocenters. The summed E-state index contributed by atoms with van der Waals surface area (Å²) in [5.41, 5.74) is 6.95. The highest BCUT2D eigenvalue weighted by Crippen LogP contribution is 2.30. The molecule has 1 aromatic carbocycles. The molecule has 3 nitrogen and oxygen atoms in total. The lowest BCUT2D eigenvalue weighted by Crippen LogP contribution is -2.43. The minimum atomic E-state index is -0.206. The van der Waals surface area contributed by atoms with Crippen molar-refractivity contribution in [3.63, 3.8) is 0 Å². The van der Waals surface area contributed by atoms with Gasteiger partial charge in [0.25, 0.3) is 0 Å². The Hall–Kier alpha value is -1.13. The van der Waals surface area contributed by atoms with Crippen LogP contribution in [0.25, 0.3) is 0 Å². The van der Waals surface area contributed by atoms with Gasteiger partial charge in [0, 0.05) is 24.5 Å². The first kappa shape index (κ1) is 19.2. The minimum absolute atomic E-state index is 0. The Bertz CT molecular complexity index is 548. The van der Waals surface area contributed by atoms with E-state index in [4.69, 9.17) is 5.73 Å². The Balaban J connectivity index is 0.00000208. The summed E-state index contributed by atoms with van der Waals surface area (Å²) in [6.45, 7) is 0.693. The number of carbonyl (C=O) groups excluding carboxylic acids is 1. The molecule has 2 N–H and O–H groups in total. The number of hydrogen-bond donors (Lipinski definition) is 1. The first-order valence-electron chi connectivity index (χ1n) is 8.94. The number of nitrogens with two attached hydrogens (primary N) is 1. The summed E-state index contributed by atoms with van der Waals surface area (Å²) in [4.78, 5) is 15.0. The number of amides is 1. The maximum atomic E-state index is 13.3. The van der Waals surface area contributed by atoms with Gasteiger partial charge >= 0.3 is 0 Å².